The Balaban J connectivity index is 2.39. The SMILES string of the molecule is CCOC(=O)c1ncnc2c1CC(=O)CC2. The number of carbonyl (C=O) groups is 2. The molecule has 1 aromatic heterocycles. The van der Waals surface area contributed by atoms with E-state index in [9.17, 15) is 9.59 Å². The van der Waals surface area contributed by atoms with E-state index in [-0.39, 0.29) is 17.9 Å². The first-order chi connectivity index (χ1) is 7.72. The van der Waals surface area contributed by atoms with Crippen LogP contribution in [0.5, 0.6) is 0 Å². The van der Waals surface area contributed by atoms with Crippen LogP contribution in [0.1, 0.15) is 35.1 Å². The highest BCUT2D eigenvalue weighted by Crippen LogP contribution is 2.19. The maximum Gasteiger partial charge on any atom is 0.357 e. The molecule has 1 aliphatic rings. The minimum atomic E-state index is -0.476. The number of carbonyl (C=O) groups excluding carboxylic acids is 2. The molecule has 16 heavy (non-hydrogen) atoms. The summed E-state index contributed by atoms with van der Waals surface area (Å²) in [4.78, 5) is 30.9. The Bertz CT molecular complexity index is 443. The van der Waals surface area contributed by atoms with E-state index < -0.39 is 5.97 Å². The van der Waals surface area contributed by atoms with Gasteiger partial charge in [-0.3, -0.25) is 4.79 Å². The van der Waals surface area contributed by atoms with Crippen molar-refractivity contribution in [1.29, 1.82) is 0 Å². The molecule has 1 heterocycles. The van der Waals surface area contributed by atoms with E-state index in [1.807, 2.05) is 0 Å². The summed E-state index contributed by atoms with van der Waals surface area (Å²) in [7, 11) is 0. The zero-order valence-electron chi connectivity index (χ0n) is 9.02. The Kier molecular flexibility index (Phi) is 2.94. The first-order valence-electron chi connectivity index (χ1n) is 5.24. The number of Topliss-reactive ketones (excluding diaryl/α,β-unsaturated/α-hetero) is 1. The number of aryl methyl sites for hydroxylation is 1. The number of esters is 1. The molecule has 5 heteroatoms. The van der Waals surface area contributed by atoms with Gasteiger partial charge in [-0.1, -0.05) is 0 Å². The van der Waals surface area contributed by atoms with Crippen molar-refractivity contribution in [2.45, 2.75) is 26.2 Å². The summed E-state index contributed by atoms with van der Waals surface area (Å²) in [6.45, 7) is 2.03. The van der Waals surface area contributed by atoms with Gasteiger partial charge < -0.3 is 4.74 Å². The van der Waals surface area contributed by atoms with Crippen molar-refractivity contribution in [2.24, 2.45) is 0 Å². The van der Waals surface area contributed by atoms with Gasteiger partial charge in [-0.15, -0.1) is 0 Å². The van der Waals surface area contributed by atoms with Crippen molar-refractivity contribution < 1.29 is 14.3 Å². The van der Waals surface area contributed by atoms with Crippen molar-refractivity contribution in [3.05, 3.63) is 23.3 Å². The molecule has 0 amide bonds. The molecule has 2 rings (SSSR count). The molecule has 0 aromatic carbocycles. The van der Waals surface area contributed by atoms with E-state index in [4.69, 9.17) is 4.74 Å². The van der Waals surface area contributed by atoms with E-state index in [0.29, 0.717) is 25.0 Å². The summed E-state index contributed by atoms with van der Waals surface area (Å²) in [5.74, 6) is -0.358. The highest BCUT2D eigenvalue weighted by Gasteiger charge is 2.24. The third-order valence-electron chi connectivity index (χ3n) is 2.52. The minimum Gasteiger partial charge on any atom is -0.461 e. The minimum absolute atomic E-state index is 0.118. The number of nitrogens with zero attached hydrogens (tertiary/aromatic N) is 2. The van der Waals surface area contributed by atoms with Crippen LogP contribution in [0.25, 0.3) is 0 Å². The van der Waals surface area contributed by atoms with E-state index in [1.54, 1.807) is 6.92 Å². The summed E-state index contributed by atoms with van der Waals surface area (Å²) in [6.07, 6.45) is 2.67. The van der Waals surface area contributed by atoms with Gasteiger partial charge in [-0.2, -0.15) is 0 Å². The molecule has 1 aromatic rings. The molecule has 0 aliphatic heterocycles. The Hall–Kier alpha value is -1.78. The quantitative estimate of drug-likeness (QED) is 0.686. The summed E-state index contributed by atoms with van der Waals surface area (Å²) in [6, 6.07) is 0. The maximum atomic E-state index is 11.6. The van der Waals surface area contributed by atoms with Crippen molar-refractivity contribution in [1.82, 2.24) is 9.97 Å². The molecule has 1 aliphatic carbocycles. The normalized spacial score (nSPS) is 14.4. The Morgan fingerprint density at radius 1 is 1.44 bits per heavy atom. The third-order valence-corrected chi connectivity index (χ3v) is 2.52. The molecule has 5 nitrogen and oxygen atoms in total. The van der Waals surface area contributed by atoms with Crippen LogP contribution in [0.15, 0.2) is 6.33 Å². The zero-order valence-corrected chi connectivity index (χ0v) is 9.02. The smallest absolute Gasteiger partial charge is 0.357 e. The van der Waals surface area contributed by atoms with Crippen LogP contribution in [0, 0.1) is 0 Å². The molecule has 84 valence electrons. The molecule has 0 radical (unpaired) electrons. The Morgan fingerprint density at radius 2 is 2.25 bits per heavy atom. The number of rotatable bonds is 2. The lowest BCUT2D eigenvalue weighted by molar-refractivity contribution is -0.118. The van der Waals surface area contributed by atoms with E-state index >= 15 is 0 Å². The largest absolute Gasteiger partial charge is 0.461 e. The van der Waals surface area contributed by atoms with Crippen molar-refractivity contribution in [3.8, 4) is 0 Å². The van der Waals surface area contributed by atoms with Gasteiger partial charge in [-0.25, -0.2) is 14.8 Å². The first-order valence-corrected chi connectivity index (χ1v) is 5.24. The van der Waals surface area contributed by atoms with Crippen LogP contribution >= 0.6 is 0 Å². The van der Waals surface area contributed by atoms with E-state index in [1.165, 1.54) is 6.33 Å². The van der Waals surface area contributed by atoms with Gasteiger partial charge in [0.1, 0.15) is 12.1 Å². The standard InChI is InChI=1S/C11H12N2O3/c1-2-16-11(15)10-8-5-7(14)3-4-9(8)12-6-13-10/h6H,2-5H2,1H3. The lowest BCUT2D eigenvalue weighted by Crippen LogP contribution is -2.21. The van der Waals surface area contributed by atoms with Crippen LogP contribution in [-0.4, -0.2) is 28.3 Å². The third kappa shape index (κ3) is 1.93. The fourth-order valence-corrected chi connectivity index (χ4v) is 1.77. The molecule has 0 saturated carbocycles. The van der Waals surface area contributed by atoms with Gasteiger partial charge in [0.15, 0.2) is 5.69 Å². The van der Waals surface area contributed by atoms with Gasteiger partial charge in [0, 0.05) is 24.1 Å². The van der Waals surface area contributed by atoms with Gasteiger partial charge in [-0.05, 0) is 13.3 Å². The van der Waals surface area contributed by atoms with Gasteiger partial charge in [0.05, 0.1) is 6.61 Å². The summed E-state index contributed by atoms with van der Waals surface area (Å²) in [5.41, 5.74) is 1.66. The van der Waals surface area contributed by atoms with Crippen LogP contribution in [0.3, 0.4) is 0 Å². The molecular formula is C11H12N2O3. The summed E-state index contributed by atoms with van der Waals surface area (Å²) in [5, 5.41) is 0. The average Bonchev–Trinajstić information content (AvgIpc) is 2.28. The molecular weight excluding hydrogens is 208 g/mol. The van der Waals surface area contributed by atoms with Crippen LogP contribution in [-0.2, 0) is 22.4 Å². The zero-order chi connectivity index (χ0) is 11.5. The molecule has 0 unspecified atom stereocenters. The number of hydrogen-bond donors (Lipinski definition) is 0. The molecule has 0 saturated heterocycles. The number of ether oxygens (including phenoxy) is 1. The second kappa shape index (κ2) is 4.38. The predicted octanol–water partition coefficient (Wildman–Crippen LogP) is 0.711. The fraction of sp³-hybridized carbons (Fsp3) is 0.455. The van der Waals surface area contributed by atoms with Gasteiger partial charge >= 0.3 is 5.97 Å². The molecule has 0 fully saturated rings. The van der Waals surface area contributed by atoms with E-state index in [0.717, 1.165) is 5.69 Å². The van der Waals surface area contributed by atoms with Crippen LogP contribution in [0.4, 0.5) is 0 Å². The molecule has 0 spiro atoms. The molecule has 0 bridgehead atoms. The van der Waals surface area contributed by atoms with Gasteiger partial charge in [0.2, 0.25) is 0 Å². The molecule has 0 N–H and O–H groups in total. The van der Waals surface area contributed by atoms with Crippen LogP contribution in [0.2, 0.25) is 0 Å². The van der Waals surface area contributed by atoms with Crippen molar-refractivity contribution in [2.75, 3.05) is 6.61 Å². The lowest BCUT2D eigenvalue weighted by atomic mass is 9.94. The van der Waals surface area contributed by atoms with Crippen LogP contribution < -0.4 is 0 Å². The first kappa shape index (κ1) is 10.7. The fourth-order valence-electron chi connectivity index (χ4n) is 1.77. The Labute approximate surface area is 92.9 Å². The number of aromatic nitrogens is 2. The molecule has 0 atom stereocenters. The van der Waals surface area contributed by atoms with Crippen molar-refractivity contribution in [3.63, 3.8) is 0 Å². The highest BCUT2D eigenvalue weighted by molar-refractivity contribution is 5.92. The number of ketones is 1. The summed E-state index contributed by atoms with van der Waals surface area (Å²) < 4.78 is 4.89. The van der Waals surface area contributed by atoms with Gasteiger partial charge in [0.25, 0.3) is 0 Å². The highest BCUT2D eigenvalue weighted by atomic mass is 16.5. The monoisotopic (exact) mass is 220 g/mol. The maximum absolute atomic E-state index is 11.6. The summed E-state index contributed by atoms with van der Waals surface area (Å²) >= 11 is 0. The Morgan fingerprint density at radius 3 is 3.00 bits per heavy atom. The average molecular weight is 220 g/mol. The predicted molar refractivity (Wildman–Crippen MR) is 55.0 cm³/mol. The van der Waals surface area contributed by atoms with E-state index in [2.05, 4.69) is 9.97 Å². The van der Waals surface area contributed by atoms with Crippen molar-refractivity contribution >= 4 is 11.8 Å². The second-order valence-electron chi connectivity index (χ2n) is 3.58. The number of hydrogen-bond acceptors (Lipinski definition) is 5. The number of fused-ring (bicyclic) bond motifs is 1. The topological polar surface area (TPSA) is 69.2 Å². The lowest BCUT2D eigenvalue weighted by Gasteiger charge is -2.15. The second-order valence-corrected chi connectivity index (χ2v) is 3.58.